The quantitative estimate of drug-likeness (QED) is 0.0789. The van der Waals surface area contributed by atoms with Crippen LogP contribution in [0.25, 0.3) is 5.65 Å². The lowest BCUT2D eigenvalue weighted by Gasteiger charge is -2.31. The Morgan fingerprint density at radius 2 is 1.82 bits per heavy atom. The molecule has 0 saturated heterocycles. The molecule has 17 heteroatoms. The molecule has 15 nitrogen and oxygen atoms in total. The van der Waals surface area contributed by atoms with E-state index in [1.54, 1.807) is 59.1 Å². The minimum Gasteiger partial charge on any atom is -0.352 e. The molecule has 0 bridgehead atoms. The fraction of sp³-hybridized carbons (Fsp3) is 0.250. The zero-order valence-electron chi connectivity index (χ0n) is 31.4. The van der Waals surface area contributed by atoms with Crippen molar-refractivity contribution in [1.29, 1.82) is 0 Å². The Kier molecular flexibility index (Phi) is 12.1. The molecule has 2 amide bonds. The predicted octanol–water partition coefficient (Wildman–Crippen LogP) is 5.16. The summed E-state index contributed by atoms with van der Waals surface area (Å²) in [7, 11) is -0.395. The Balaban J connectivity index is 1.03. The molecule has 0 saturated carbocycles. The van der Waals surface area contributed by atoms with Gasteiger partial charge in [0.15, 0.2) is 11.5 Å². The first-order chi connectivity index (χ1) is 27.6. The van der Waals surface area contributed by atoms with Crippen LogP contribution in [0.1, 0.15) is 44.1 Å². The van der Waals surface area contributed by atoms with E-state index >= 15 is 0 Å². The highest BCUT2D eigenvalue weighted by atomic mass is 32.2. The number of thioether (sulfide) groups is 1. The zero-order chi connectivity index (χ0) is 39.9. The molecule has 1 aliphatic rings. The predicted molar refractivity (Wildman–Crippen MR) is 218 cm³/mol. The third kappa shape index (κ3) is 9.57. The number of nitrogens with zero attached hydrogens (tertiary/aromatic N) is 7. The molecular weight excluding hydrogens is 765 g/mol. The van der Waals surface area contributed by atoms with Crippen molar-refractivity contribution >= 4 is 56.6 Å². The van der Waals surface area contributed by atoms with E-state index in [1.165, 1.54) is 18.3 Å². The Labute approximate surface area is 334 Å². The van der Waals surface area contributed by atoms with Crippen LogP contribution in [0.3, 0.4) is 0 Å². The van der Waals surface area contributed by atoms with E-state index < -0.39 is 15.9 Å². The molecule has 4 N–H and O–H groups in total. The molecule has 6 aromatic rings. The summed E-state index contributed by atoms with van der Waals surface area (Å²) in [5.74, 6) is 0.569. The van der Waals surface area contributed by atoms with Gasteiger partial charge in [0.05, 0.1) is 23.8 Å². The first-order valence-electron chi connectivity index (χ1n) is 18.3. The average Bonchev–Trinajstić information content (AvgIpc) is 3.64. The van der Waals surface area contributed by atoms with Crippen LogP contribution >= 0.6 is 11.8 Å². The fourth-order valence-electron chi connectivity index (χ4n) is 6.60. The lowest BCUT2D eigenvalue weighted by molar-refractivity contribution is 0.0975. The number of amides is 2. The molecular formula is C40H42N10O5S2. The third-order valence-electron chi connectivity index (χ3n) is 9.61. The van der Waals surface area contributed by atoms with Crippen LogP contribution in [0.15, 0.2) is 114 Å². The Morgan fingerprint density at radius 1 is 1.00 bits per heavy atom. The van der Waals surface area contributed by atoms with Crippen LogP contribution in [0.2, 0.25) is 0 Å². The maximum Gasteiger partial charge on any atom is 0.283 e. The van der Waals surface area contributed by atoms with E-state index in [4.69, 9.17) is 0 Å². The summed E-state index contributed by atoms with van der Waals surface area (Å²) in [6.45, 7) is 1.74. The van der Waals surface area contributed by atoms with Crippen LogP contribution < -0.4 is 20.4 Å². The van der Waals surface area contributed by atoms with Gasteiger partial charge in [-0.05, 0) is 93.3 Å². The molecule has 0 aliphatic carbocycles. The Morgan fingerprint density at radius 3 is 2.61 bits per heavy atom. The SMILES string of the molecule is CN(C)CC[C@H](CSc1ccccc1)Cc1ncc(S(=O)(=O)NC(=O)c2cccc(N3CCc4cccc(C(=O)Nc5cn6ccncc6n5)c4C3)n2)cc1NO. The third-order valence-corrected chi connectivity index (χ3v) is 12.2. The van der Waals surface area contributed by atoms with Gasteiger partial charge in [-0.1, -0.05) is 36.4 Å². The highest BCUT2D eigenvalue weighted by Crippen LogP contribution is 2.29. The monoisotopic (exact) mass is 806 g/mol. The van der Waals surface area contributed by atoms with Crippen molar-refractivity contribution in [3.8, 4) is 0 Å². The van der Waals surface area contributed by atoms with Gasteiger partial charge in [-0.25, -0.2) is 23.1 Å². The molecule has 0 unspecified atom stereocenters. The zero-order valence-corrected chi connectivity index (χ0v) is 33.0. The molecule has 1 atom stereocenters. The second kappa shape index (κ2) is 17.5. The smallest absolute Gasteiger partial charge is 0.283 e. The minimum absolute atomic E-state index is 0.112. The van der Waals surface area contributed by atoms with Gasteiger partial charge in [0.1, 0.15) is 16.4 Å². The van der Waals surface area contributed by atoms with Crippen LogP contribution in [-0.2, 0) is 29.4 Å². The summed E-state index contributed by atoms with van der Waals surface area (Å²) in [5.41, 5.74) is 5.56. The number of rotatable bonds is 15. The van der Waals surface area contributed by atoms with E-state index in [0.717, 1.165) is 34.7 Å². The number of hydrogen-bond donors (Lipinski definition) is 4. The number of carbonyl (C=O) groups excluding carboxylic acids is 2. The highest BCUT2D eigenvalue weighted by Gasteiger charge is 2.26. The fourth-order valence-corrected chi connectivity index (χ4v) is 8.60. The summed E-state index contributed by atoms with van der Waals surface area (Å²) in [6, 6.07) is 21.7. The van der Waals surface area contributed by atoms with Crippen molar-refractivity contribution in [3.63, 3.8) is 0 Å². The Hall–Kier alpha value is -5.88. The average molecular weight is 807 g/mol. The molecule has 4 aromatic heterocycles. The van der Waals surface area contributed by atoms with E-state index in [0.29, 0.717) is 54.5 Å². The van der Waals surface area contributed by atoms with Crippen molar-refractivity contribution in [3.05, 3.63) is 132 Å². The van der Waals surface area contributed by atoms with Crippen molar-refractivity contribution in [2.75, 3.05) is 48.6 Å². The lowest BCUT2D eigenvalue weighted by atomic mass is 9.94. The number of fused-ring (bicyclic) bond motifs is 2. The van der Waals surface area contributed by atoms with Gasteiger partial charge in [-0.2, -0.15) is 0 Å². The second-order valence-corrected chi connectivity index (χ2v) is 16.7. The molecule has 7 rings (SSSR count). The summed E-state index contributed by atoms with van der Waals surface area (Å²) in [6.07, 6.45) is 9.86. The van der Waals surface area contributed by atoms with Crippen LogP contribution in [0.5, 0.6) is 0 Å². The number of nitrogens with one attached hydrogen (secondary N) is 3. The molecule has 5 heterocycles. The molecule has 0 radical (unpaired) electrons. The van der Waals surface area contributed by atoms with Gasteiger partial charge in [0.25, 0.3) is 21.8 Å². The number of benzene rings is 2. The van der Waals surface area contributed by atoms with Crippen molar-refractivity contribution in [2.45, 2.75) is 35.6 Å². The first kappa shape index (κ1) is 39.4. The van der Waals surface area contributed by atoms with Gasteiger partial charge in [-0.15, -0.1) is 11.8 Å². The molecule has 57 heavy (non-hydrogen) atoms. The van der Waals surface area contributed by atoms with Gasteiger partial charge >= 0.3 is 0 Å². The number of hydrogen-bond acceptors (Lipinski definition) is 13. The number of carbonyl (C=O) groups is 2. The molecule has 0 spiro atoms. The van der Waals surface area contributed by atoms with Crippen molar-refractivity contribution in [2.24, 2.45) is 5.92 Å². The van der Waals surface area contributed by atoms with E-state index in [1.807, 2.05) is 49.3 Å². The normalized spacial score (nSPS) is 13.3. The number of pyridine rings is 2. The summed E-state index contributed by atoms with van der Waals surface area (Å²) >= 11 is 1.73. The topological polar surface area (TPSA) is 187 Å². The van der Waals surface area contributed by atoms with Gasteiger partial charge in [0.2, 0.25) is 0 Å². The maximum atomic E-state index is 13.5. The van der Waals surface area contributed by atoms with Crippen LogP contribution in [0, 0.1) is 5.92 Å². The number of aromatic nitrogens is 5. The highest BCUT2D eigenvalue weighted by molar-refractivity contribution is 7.99. The van der Waals surface area contributed by atoms with Crippen molar-refractivity contribution < 1.29 is 23.2 Å². The van der Waals surface area contributed by atoms with E-state index in [-0.39, 0.29) is 28.1 Å². The number of imidazole rings is 1. The Bertz CT molecular complexity index is 2460. The van der Waals surface area contributed by atoms with Crippen LogP contribution in [-0.4, -0.2) is 87.6 Å². The minimum atomic E-state index is -4.41. The molecule has 294 valence electrons. The largest absolute Gasteiger partial charge is 0.352 e. The van der Waals surface area contributed by atoms with E-state index in [2.05, 4.69) is 52.5 Å². The van der Waals surface area contributed by atoms with Gasteiger partial charge in [-0.3, -0.25) is 30.2 Å². The number of sulfonamides is 1. The summed E-state index contributed by atoms with van der Waals surface area (Å²) in [4.78, 5) is 49.2. The molecule has 0 fully saturated rings. The van der Waals surface area contributed by atoms with Crippen LogP contribution in [0.4, 0.5) is 17.3 Å². The van der Waals surface area contributed by atoms with Gasteiger partial charge < -0.3 is 19.5 Å². The summed E-state index contributed by atoms with van der Waals surface area (Å²) in [5, 5.41) is 12.9. The first-order valence-corrected chi connectivity index (χ1v) is 20.7. The van der Waals surface area contributed by atoms with Crippen molar-refractivity contribution in [1.82, 2.24) is 34.0 Å². The standard InChI is InChI=1S/C40H42N10O5S2/c1-48(2)17-14-27(26-56-29-9-4-3-5-10-29)20-34-35(46-53)21-30(22-42-34)57(54,55)47-40(52)33-12-7-13-37(43-33)49-18-15-28-8-6-11-31(32(28)24-49)39(51)45-36-25-50-19-16-41-23-38(50)44-36/h3-13,16,19,21-23,25,27,46,53H,14-15,17-18,20,24,26H2,1-2H3,(H,45,51)(H,47,52)/t27-/m0/s1. The van der Waals surface area contributed by atoms with Gasteiger partial charge in [0, 0.05) is 47.9 Å². The summed E-state index contributed by atoms with van der Waals surface area (Å²) < 4.78 is 30.8. The number of anilines is 3. The molecule has 1 aliphatic heterocycles. The molecule has 2 aromatic carbocycles. The van der Waals surface area contributed by atoms with E-state index in [9.17, 15) is 23.2 Å². The maximum absolute atomic E-state index is 13.5. The second-order valence-electron chi connectivity index (χ2n) is 13.9. The lowest BCUT2D eigenvalue weighted by Crippen LogP contribution is -2.34.